The standard InChI is InChI=1S/C29H31ClN4O2/c30-25-4-5-26(32-15-25)19-36-28-8-10-34(29(35)13-28)27-6-3-21-11-20(1-2-22(21)12-27)16-33-17-23-7-9-31-14-24(23)18-33/h1-2,4-5,8,10-13,15,23-24,31H,3,6-7,9,14,16-19H2/t23-,24+/m0/s1. The van der Waals surface area contributed by atoms with Crippen molar-refractivity contribution >= 4 is 23.4 Å². The van der Waals surface area contributed by atoms with Gasteiger partial charge >= 0.3 is 0 Å². The van der Waals surface area contributed by atoms with Crippen molar-refractivity contribution in [3.63, 3.8) is 0 Å². The Labute approximate surface area is 216 Å². The Balaban J connectivity index is 1.12. The first-order valence-electron chi connectivity index (χ1n) is 12.8. The first kappa shape index (κ1) is 23.5. The van der Waals surface area contributed by atoms with Gasteiger partial charge in [0.1, 0.15) is 12.4 Å². The fourth-order valence-electron chi connectivity index (χ4n) is 5.81. The summed E-state index contributed by atoms with van der Waals surface area (Å²) in [5, 5.41) is 4.13. The van der Waals surface area contributed by atoms with Crippen LogP contribution in [0.1, 0.15) is 35.2 Å². The molecule has 3 aliphatic rings. The molecule has 0 spiro atoms. The summed E-state index contributed by atoms with van der Waals surface area (Å²) >= 11 is 5.88. The van der Waals surface area contributed by atoms with Crippen molar-refractivity contribution in [1.82, 2.24) is 19.8 Å². The minimum absolute atomic E-state index is 0.0899. The Morgan fingerprint density at radius 2 is 2.00 bits per heavy atom. The molecule has 3 aromatic rings. The highest BCUT2D eigenvalue weighted by molar-refractivity contribution is 6.30. The van der Waals surface area contributed by atoms with Crippen molar-refractivity contribution in [1.29, 1.82) is 0 Å². The van der Waals surface area contributed by atoms with Crippen molar-refractivity contribution in [2.24, 2.45) is 11.8 Å². The van der Waals surface area contributed by atoms with E-state index in [9.17, 15) is 4.79 Å². The van der Waals surface area contributed by atoms with Crippen LogP contribution in [0.3, 0.4) is 0 Å². The van der Waals surface area contributed by atoms with E-state index in [0.717, 1.165) is 42.6 Å². The van der Waals surface area contributed by atoms with Crippen LogP contribution >= 0.6 is 11.6 Å². The number of nitrogens with zero attached hydrogens (tertiary/aromatic N) is 3. The zero-order valence-electron chi connectivity index (χ0n) is 20.3. The molecule has 6 rings (SSSR count). The van der Waals surface area contributed by atoms with Crippen LogP contribution in [0.15, 0.2) is 59.7 Å². The van der Waals surface area contributed by atoms with Crippen LogP contribution in [-0.2, 0) is 19.6 Å². The van der Waals surface area contributed by atoms with Gasteiger partial charge in [-0.1, -0.05) is 29.8 Å². The van der Waals surface area contributed by atoms with Crippen LogP contribution in [0.4, 0.5) is 0 Å². The summed E-state index contributed by atoms with van der Waals surface area (Å²) in [5.41, 5.74) is 5.66. The molecule has 1 aliphatic carbocycles. The Morgan fingerprint density at radius 3 is 2.83 bits per heavy atom. The molecular weight excluding hydrogens is 472 g/mol. The van der Waals surface area contributed by atoms with Crippen LogP contribution in [0.25, 0.3) is 11.8 Å². The molecule has 186 valence electrons. The lowest BCUT2D eigenvalue weighted by molar-refractivity contribution is 0.300. The van der Waals surface area contributed by atoms with Crippen LogP contribution < -0.4 is 15.6 Å². The van der Waals surface area contributed by atoms with Gasteiger partial charge in [-0.3, -0.25) is 19.2 Å². The molecular formula is C29H31ClN4O2. The van der Waals surface area contributed by atoms with Crippen LogP contribution in [0.5, 0.6) is 5.75 Å². The summed E-state index contributed by atoms with van der Waals surface area (Å²) in [4.78, 5) is 19.7. The Kier molecular flexibility index (Phi) is 6.65. The van der Waals surface area contributed by atoms with Crippen molar-refractivity contribution in [3.05, 3.63) is 92.6 Å². The second-order valence-corrected chi connectivity index (χ2v) is 10.6. The molecule has 2 atom stereocenters. The number of piperidine rings is 1. The minimum Gasteiger partial charge on any atom is -0.487 e. The van der Waals surface area contributed by atoms with Crippen molar-refractivity contribution in [3.8, 4) is 5.75 Å². The summed E-state index contributed by atoms with van der Waals surface area (Å²) in [6.07, 6.45) is 8.63. The Bertz CT molecular complexity index is 1320. The fourth-order valence-corrected chi connectivity index (χ4v) is 5.92. The molecule has 0 saturated carbocycles. The molecule has 0 bridgehead atoms. The first-order valence-corrected chi connectivity index (χ1v) is 13.2. The number of allylic oxidation sites excluding steroid dienone is 1. The number of aryl methyl sites for hydroxylation is 1. The molecule has 1 aromatic carbocycles. The average molecular weight is 503 g/mol. The van der Waals surface area contributed by atoms with Crippen LogP contribution in [0.2, 0.25) is 5.02 Å². The summed E-state index contributed by atoms with van der Waals surface area (Å²) in [7, 11) is 0. The van der Waals surface area contributed by atoms with Gasteiger partial charge in [0.25, 0.3) is 5.56 Å². The number of aromatic nitrogens is 2. The van der Waals surface area contributed by atoms with Gasteiger partial charge < -0.3 is 10.1 Å². The summed E-state index contributed by atoms with van der Waals surface area (Å²) in [5.74, 6) is 2.21. The third-order valence-corrected chi connectivity index (χ3v) is 7.94. The number of hydrogen-bond acceptors (Lipinski definition) is 5. The lowest BCUT2D eigenvalue weighted by Crippen LogP contribution is -2.35. The number of benzene rings is 1. The molecule has 2 aromatic heterocycles. The average Bonchev–Trinajstić information content (AvgIpc) is 3.30. The molecule has 2 aliphatic heterocycles. The number of halogens is 1. The number of ether oxygens (including phenoxy) is 1. The molecule has 2 saturated heterocycles. The van der Waals surface area contributed by atoms with Gasteiger partial charge in [0.2, 0.25) is 0 Å². The van der Waals surface area contributed by atoms with Crippen LogP contribution in [-0.4, -0.2) is 40.6 Å². The molecule has 6 nitrogen and oxygen atoms in total. The zero-order valence-corrected chi connectivity index (χ0v) is 21.1. The van der Waals surface area contributed by atoms with Gasteiger partial charge in [0.05, 0.1) is 10.7 Å². The summed E-state index contributed by atoms with van der Waals surface area (Å²) < 4.78 is 7.49. The quantitative estimate of drug-likeness (QED) is 0.539. The van der Waals surface area contributed by atoms with E-state index in [-0.39, 0.29) is 12.2 Å². The van der Waals surface area contributed by atoms with Crippen LogP contribution in [0, 0.1) is 11.8 Å². The van der Waals surface area contributed by atoms with Gasteiger partial charge in [-0.15, -0.1) is 0 Å². The fraction of sp³-hybridized carbons (Fsp3) is 0.379. The van der Waals surface area contributed by atoms with Crippen molar-refractivity contribution in [2.75, 3.05) is 26.2 Å². The van der Waals surface area contributed by atoms with E-state index in [1.165, 1.54) is 49.3 Å². The van der Waals surface area contributed by atoms with E-state index in [0.29, 0.717) is 10.8 Å². The smallest absolute Gasteiger partial charge is 0.258 e. The minimum atomic E-state index is -0.0899. The van der Waals surface area contributed by atoms with Gasteiger partial charge in [-0.05, 0) is 85.2 Å². The lowest BCUT2D eigenvalue weighted by atomic mass is 9.90. The second kappa shape index (κ2) is 10.2. The molecule has 7 heteroatoms. The van der Waals surface area contributed by atoms with E-state index in [4.69, 9.17) is 16.3 Å². The third kappa shape index (κ3) is 5.12. The van der Waals surface area contributed by atoms with Crippen molar-refractivity contribution < 1.29 is 4.74 Å². The number of rotatable bonds is 6. The van der Waals surface area contributed by atoms with Crippen molar-refractivity contribution in [2.45, 2.75) is 32.4 Å². The van der Waals surface area contributed by atoms with E-state index in [1.54, 1.807) is 29.1 Å². The molecule has 0 unspecified atom stereocenters. The molecule has 0 amide bonds. The number of fused-ring (bicyclic) bond motifs is 2. The number of likely N-dealkylation sites (tertiary alicyclic amines) is 1. The monoisotopic (exact) mass is 502 g/mol. The lowest BCUT2D eigenvalue weighted by Gasteiger charge is -2.24. The highest BCUT2D eigenvalue weighted by Gasteiger charge is 2.34. The highest BCUT2D eigenvalue weighted by atomic mass is 35.5. The third-order valence-electron chi connectivity index (χ3n) is 7.71. The molecule has 36 heavy (non-hydrogen) atoms. The topological polar surface area (TPSA) is 59.4 Å². The van der Waals surface area contributed by atoms with E-state index < -0.39 is 0 Å². The normalized spacial score (nSPS) is 21.5. The highest BCUT2D eigenvalue weighted by Crippen LogP contribution is 2.31. The Morgan fingerprint density at radius 1 is 1.08 bits per heavy atom. The number of pyridine rings is 2. The largest absolute Gasteiger partial charge is 0.487 e. The van der Waals surface area contributed by atoms with Gasteiger partial charge in [0.15, 0.2) is 0 Å². The first-order chi connectivity index (χ1) is 17.6. The maximum Gasteiger partial charge on any atom is 0.258 e. The maximum atomic E-state index is 12.9. The molecule has 0 radical (unpaired) electrons. The summed E-state index contributed by atoms with van der Waals surface area (Å²) in [6.45, 7) is 6.09. The van der Waals surface area contributed by atoms with Gasteiger partial charge in [0, 0.05) is 43.8 Å². The number of nitrogens with one attached hydrogen (secondary N) is 1. The Hall–Kier alpha value is -2.93. The maximum absolute atomic E-state index is 12.9. The van der Waals surface area contributed by atoms with E-state index in [1.807, 2.05) is 12.1 Å². The predicted molar refractivity (Wildman–Crippen MR) is 143 cm³/mol. The summed E-state index contributed by atoms with van der Waals surface area (Å²) in [6, 6.07) is 13.8. The number of hydrogen-bond donors (Lipinski definition) is 1. The second-order valence-electron chi connectivity index (χ2n) is 10.2. The van der Waals surface area contributed by atoms with E-state index >= 15 is 0 Å². The molecule has 2 fully saturated rings. The molecule has 4 heterocycles. The predicted octanol–water partition coefficient (Wildman–Crippen LogP) is 4.46. The van der Waals surface area contributed by atoms with Gasteiger partial charge in [-0.2, -0.15) is 0 Å². The molecule has 1 N–H and O–H groups in total. The zero-order chi connectivity index (χ0) is 24.5. The van der Waals surface area contributed by atoms with Gasteiger partial charge in [-0.25, -0.2) is 0 Å². The van der Waals surface area contributed by atoms with E-state index in [2.05, 4.69) is 39.5 Å². The SMILES string of the molecule is O=c1cc(OCc2ccc(Cl)cn2)ccn1C1=Cc2ccc(CN3C[C@H]4CNCC[C@H]4C3)cc2CC1.